The number of ether oxygens (including phenoxy) is 1. The SMILES string of the molecule is C[C@@H]1CN(C2CCN(Cc3cc(Cl)nc(Cl)c3)CC2)CCO1. The Morgan fingerprint density at radius 1 is 1.18 bits per heavy atom. The third kappa shape index (κ3) is 4.33. The van der Waals surface area contributed by atoms with E-state index in [9.17, 15) is 0 Å². The molecule has 1 atom stereocenters. The van der Waals surface area contributed by atoms with Gasteiger partial charge in [0.1, 0.15) is 10.3 Å². The Morgan fingerprint density at radius 2 is 1.86 bits per heavy atom. The van der Waals surface area contributed by atoms with Crippen LogP contribution in [-0.2, 0) is 11.3 Å². The molecule has 0 aliphatic carbocycles. The van der Waals surface area contributed by atoms with E-state index in [0.29, 0.717) is 22.5 Å². The molecular formula is C16H23Cl2N3O. The molecule has 3 heterocycles. The van der Waals surface area contributed by atoms with Gasteiger partial charge in [0.05, 0.1) is 12.7 Å². The predicted octanol–water partition coefficient (Wildman–Crippen LogP) is 3.07. The molecule has 1 aromatic rings. The summed E-state index contributed by atoms with van der Waals surface area (Å²) in [5.74, 6) is 0. The lowest BCUT2D eigenvalue weighted by Crippen LogP contribution is -2.50. The van der Waals surface area contributed by atoms with Gasteiger partial charge >= 0.3 is 0 Å². The minimum absolute atomic E-state index is 0.368. The molecule has 2 aliphatic rings. The number of pyridine rings is 1. The zero-order valence-corrected chi connectivity index (χ0v) is 14.5. The van der Waals surface area contributed by atoms with E-state index in [1.165, 1.54) is 12.8 Å². The molecule has 0 unspecified atom stereocenters. The van der Waals surface area contributed by atoms with Crippen LogP contribution in [-0.4, -0.2) is 59.7 Å². The minimum Gasteiger partial charge on any atom is -0.376 e. The van der Waals surface area contributed by atoms with Crippen molar-refractivity contribution in [3.8, 4) is 0 Å². The summed E-state index contributed by atoms with van der Waals surface area (Å²) in [6.07, 6.45) is 2.81. The van der Waals surface area contributed by atoms with Gasteiger partial charge < -0.3 is 4.74 Å². The number of nitrogens with zero attached hydrogens (tertiary/aromatic N) is 3. The lowest BCUT2D eigenvalue weighted by Gasteiger charge is -2.41. The van der Waals surface area contributed by atoms with Crippen LogP contribution in [0.3, 0.4) is 0 Å². The lowest BCUT2D eigenvalue weighted by molar-refractivity contribution is -0.0437. The van der Waals surface area contributed by atoms with Crippen molar-refractivity contribution in [3.05, 3.63) is 28.0 Å². The smallest absolute Gasteiger partial charge is 0.131 e. The maximum atomic E-state index is 5.97. The maximum Gasteiger partial charge on any atom is 0.131 e. The van der Waals surface area contributed by atoms with Crippen LogP contribution in [0.4, 0.5) is 0 Å². The highest BCUT2D eigenvalue weighted by atomic mass is 35.5. The molecule has 2 saturated heterocycles. The van der Waals surface area contributed by atoms with Crippen molar-refractivity contribution in [2.75, 3.05) is 32.8 Å². The molecule has 0 amide bonds. The molecule has 122 valence electrons. The molecule has 0 radical (unpaired) electrons. The van der Waals surface area contributed by atoms with E-state index in [1.807, 2.05) is 12.1 Å². The maximum absolute atomic E-state index is 5.97. The van der Waals surface area contributed by atoms with Gasteiger partial charge in [0.2, 0.25) is 0 Å². The molecule has 6 heteroatoms. The molecule has 3 rings (SSSR count). The van der Waals surface area contributed by atoms with Gasteiger partial charge in [-0.05, 0) is 50.6 Å². The molecule has 4 nitrogen and oxygen atoms in total. The van der Waals surface area contributed by atoms with Gasteiger partial charge in [0.25, 0.3) is 0 Å². The van der Waals surface area contributed by atoms with Crippen molar-refractivity contribution in [2.24, 2.45) is 0 Å². The van der Waals surface area contributed by atoms with Gasteiger partial charge in [-0.2, -0.15) is 0 Å². The lowest BCUT2D eigenvalue weighted by atomic mass is 10.0. The second kappa shape index (κ2) is 7.45. The van der Waals surface area contributed by atoms with Crippen LogP contribution in [0.25, 0.3) is 0 Å². The number of hydrogen-bond acceptors (Lipinski definition) is 4. The van der Waals surface area contributed by atoms with Crippen LogP contribution in [0.15, 0.2) is 12.1 Å². The van der Waals surface area contributed by atoms with Crippen LogP contribution in [0.5, 0.6) is 0 Å². The average molecular weight is 344 g/mol. The summed E-state index contributed by atoms with van der Waals surface area (Å²) in [5.41, 5.74) is 1.14. The highest BCUT2D eigenvalue weighted by Crippen LogP contribution is 2.22. The zero-order valence-electron chi connectivity index (χ0n) is 13.0. The number of hydrogen-bond donors (Lipinski definition) is 0. The largest absolute Gasteiger partial charge is 0.376 e. The van der Waals surface area contributed by atoms with Crippen molar-refractivity contribution >= 4 is 23.2 Å². The summed E-state index contributed by atoms with van der Waals surface area (Å²) >= 11 is 11.9. The summed E-state index contributed by atoms with van der Waals surface area (Å²) in [7, 11) is 0. The average Bonchev–Trinajstić information content (AvgIpc) is 2.47. The van der Waals surface area contributed by atoms with Gasteiger partial charge in [-0.15, -0.1) is 0 Å². The van der Waals surface area contributed by atoms with Crippen molar-refractivity contribution in [1.29, 1.82) is 0 Å². The molecule has 22 heavy (non-hydrogen) atoms. The van der Waals surface area contributed by atoms with E-state index in [2.05, 4.69) is 21.7 Å². The number of likely N-dealkylation sites (tertiary alicyclic amines) is 1. The highest BCUT2D eigenvalue weighted by molar-refractivity contribution is 6.32. The number of aromatic nitrogens is 1. The Kier molecular flexibility index (Phi) is 5.58. The summed E-state index contributed by atoms with van der Waals surface area (Å²) in [6.45, 7) is 8.31. The number of halogens is 2. The molecule has 2 fully saturated rings. The molecule has 0 bridgehead atoms. The van der Waals surface area contributed by atoms with Crippen LogP contribution in [0.1, 0.15) is 25.3 Å². The monoisotopic (exact) mass is 343 g/mol. The van der Waals surface area contributed by atoms with Gasteiger partial charge in [-0.3, -0.25) is 9.80 Å². The van der Waals surface area contributed by atoms with Crippen LogP contribution in [0.2, 0.25) is 10.3 Å². The van der Waals surface area contributed by atoms with Crippen LogP contribution >= 0.6 is 23.2 Å². The van der Waals surface area contributed by atoms with Crippen molar-refractivity contribution in [2.45, 2.75) is 38.5 Å². The summed E-state index contributed by atoms with van der Waals surface area (Å²) < 4.78 is 5.64. The topological polar surface area (TPSA) is 28.6 Å². The Bertz CT molecular complexity index is 486. The second-order valence-electron chi connectivity index (χ2n) is 6.30. The first-order valence-electron chi connectivity index (χ1n) is 8.00. The van der Waals surface area contributed by atoms with Gasteiger partial charge in [-0.1, -0.05) is 23.2 Å². The summed E-state index contributed by atoms with van der Waals surface area (Å²) in [6, 6.07) is 4.51. The van der Waals surface area contributed by atoms with E-state index in [-0.39, 0.29) is 0 Å². The highest BCUT2D eigenvalue weighted by Gasteiger charge is 2.27. The summed E-state index contributed by atoms with van der Waals surface area (Å²) in [4.78, 5) is 9.08. The van der Waals surface area contributed by atoms with Gasteiger partial charge in [-0.25, -0.2) is 4.98 Å². The van der Waals surface area contributed by atoms with Crippen molar-refractivity contribution in [3.63, 3.8) is 0 Å². The van der Waals surface area contributed by atoms with E-state index in [0.717, 1.165) is 44.9 Å². The number of morpholine rings is 1. The first-order valence-corrected chi connectivity index (χ1v) is 8.76. The molecule has 0 spiro atoms. The number of piperidine rings is 1. The molecule has 1 aromatic heterocycles. The van der Waals surface area contributed by atoms with Crippen molar-refractivity contribution in [1.82, 2.24) is 14.8 Å². The summed E-state index contributed by atoms with van der Waals surface area (Å²) in [5, 5.41) is 0.944. The fraction of sp³-hybridized carbons (Fsp3) is 0.688. The number of rotatable bonds is 3. The van der Waals surface area contributed by atoms with Crippen LogP contribution < -0.4 is 0 Å². The third-order valence-electron chi connectivity index (χ3n) is 4.57. The van der Waals surface area contributed by atoms with E-state index in [1.54, 1.807) is 0 Å². The standard InChI is InChI=1S/C16H23Cl2N3O/c1-12-10-21(6-7-22-12)14-2-4-20(5-3-14)11-13-8-15(17)19-16(18)9-13/h8-9,12,14H,2-7,10-11H2,1H3/t12-/m1/s1. The van der Waals surface area contributed by atoms with Crippen molar-refractivity contribution < 1.29 is 4.74 Å². The molecule has 2 aliphatic heterocycles. The first-order chi connectivity index (χ1) is 10.6. The Balaban J connectivity index is 1.51. The quantitative estimate of drug-likeness (QED) is 0.788. The predicted molar refractivity (Wildman–Crippen MR) is 89.5 cm³/mol. The second-order valence-corrected chi connectivity index (χ2v) is 7.08. The fourth-order valence-electron chi connectivity index (χ4n) is 3.48. The van der Waals surface area contributed by atoms with E-state index in [4.69, 9.17) is 27.9 Å². The van der Waals surface area contributed by atoms with E-state index < -0.39 is 0 Å². The fourth-order valence-corrected chi connectivity index (χ4v) is 3.99. The van der Waals surface area contributed by atoms with Crippen LogP contribution in [0, 0.1) is 0 Å². The Hall–Kier alpha value is -0.390. The molecule has 0 saturated carbocycles. The van der Waals surface area contributed by atoms with Gasteiger partial charge in [0.15, 0.2) is 0 Å². The third-order valence-corrected chi connectivity index (χ3v) is 4.96. The Morgan fingerprint density at radius 3 is 2.50 bits per heavy atom. The zero-order chi connectivity index (χ0) is 15.5. The molecular weight excluding hydrogens is 321 g/mol. The minimum atomic E-state index is 0.368. The first kappa shape index (κ1) is 16.5. The molecule has 0 aromatic carbocycles. The Labute approximate surface area is 142 Å². The van der Waals surface area contributed by atoms with E-state index >= 15 is 0 Å². The normalized spacial score (nSPS) is 25.5. The van der Waals surface area contributed by atoms with Gasteiger partial charge in [0, 0.05) is 25.7 Å². The molecule has 0 N–H and O–H groups in total.